The molecule has 2 rings (SSSR count). The normalized spacial score (nSPS) is 26.2. The topological polar surface area (TPSA) is 96.5 Å². The Hall–Kier alpha value is -1.28. The molecule has 2 aliphatic heterocycles. The third-order valence-electron chi connectivity index (χ3n) is 3.81. The maximum absolute atomic E-state index is 11.9. The summed E-state index contributed by atoms with van der Waals surface area (Å²) in [6.07, 6.45) is 1.35. The van der Waals surface area contributed by atoms with Gasteiger partial charge in [-0.3, -0.25) is 9.59 Å². The van der Waals surface area contributed by atoms with E-state index >= 15 is 0 Å². The van der Waals surface area contributed by atoms with Crippen molar-refractivity contribution in [3.8, 4) is 0 Å². The van der Waals surface area contributed by atoms with E-state index in [2.05, 4.69) is 16.0 Å². The summed E-state index contributed by atoms with van der Waals surface area (Å²) < 4.78 is 5.30. The first-order valence-corrected chi connectivity index (χ1v) is 8.69. The van der Waals surface area contributed by atoms with E-state index in [4.69, 9.17) is 4.74 Å². The second-order valence-electron chi connectivity index (χ2n) is 5.43. The predicted molar refractivity (Wildman–Crippen MR) is 83.9 cm³/mol. The van der Waals surface area contributed by atoms with Crippen LogP contribution in [0.4, 0.5) is 4.79 Å². The highest BCUT2D eigenvalue weighted by atomic mass is 32.2. The molecule has 22 heavy (non-hydrogen) atoms. The zero-order valence-corrected chi connectivity index (χ0v) is 13.5. The summed E-state index contributed by atoms with van der Waals surface area (Å²) in [4.78, 5) is 34.2. The van der Waals surface area contributed by atoms with Gasteiger partial charge in [-0.2, -0.15) is 11.8 Å². The first kappa shape index (κ1) is 17.1. The van der Waals surface area contributed by atoms with E-state index in [0.29, 0.717) is 39.0 Å². The highest BCUT2D eigenvalue weighted by Crippen LogP contribution is 2.31. The van der Waals surface area contributed by atoms with Gasteiger partial charge in [-0.25, -0.2) is 4.79 Å². The molecule has 124 valence electrons. The lowest BCUT2D eigenvalue weighted by Crippen LogP contribution is -2.40. The molecule has 0 spiro atoms. The number of ketones is 1. The summed E-state index contributed by atoms with van der Waals surface area (Å²) in [7, 11) is 0. The zero-order valence-electron chi connectivity index (χ0n) is 12.7. The third-order valence-corrected chi connectivity index (χ3v) is 5.25. The van der Waals surface area contributed by atoms with E-state index in [9.17, 15) is 14.4 Å². The molecule has 0 saturated carbocycles. The van der Waals surface area contributed by atoms with Crippen molar-refractivity contribution in [3.63, 3.8) is 0 Å². The molecule has 0 aromatic carbocycles. The maximum atomic E-state index is 11.9. The highest BCUT2D eigenvalue weighted by molar-refractivity contribution is 8.00. The number of thioether (sulfide) groups is 1. The molecule has 7 nitrogen and oxygen atoms in total. The van der Waals surface area contributed by atoms with Crippen LogP contribution in [0.1, 0.15) is 26.2 Å². The van der Waals surface area contributed by atoms with Crippen molar-refractivity contribution in [2.75, 3.05) is 25.5 Å². The quantitative estimate of drug-likeness (QED) is 0.410. The van der Waals surface area contributed by atoms with Gasteiger partial charge in [0.25, 0.3) is 0 Å². The number of nitrogens with one attached hydrogen (secondary N) is 3. The van der Waals surface area contributed by atoms with Crippen molar-refractivity contribution < 1.29 is 19.1 Å². The Labute approximate surface area is 134 Å². The van der Waals surface area contributed by atoms with Crippen molar-refractivity contribution >= 4 is 29.5 Å². The summed E-state index contributed by atoms with van der Waals surface area (Å²) in [6, 6.07) is 0.0324. The first-order valence-electron chi connectivity index (χ1n) is 7.65. The minimum atomic E-state index is -0.143. The standard InChI is InChI=1S/C14H23N3O4S/c1-2-9(18)3-5-21-6-4-15-12(19)7-11-13-10(8-22-11)16-14(20)17-13/h10-11,13H,2-8H2,1H3,(H,15,19)(H2,16,17,20)/t10-,11?,13-/m0/s1. The molecule has 0 aliphatic carbocycles. The van der Waals surface area contributed by atoms with Crippen LogP contribution in [0.3, 0.4) is 0 Å². The zero-order chi connectivity index (χ0) is 15.9. The molecular formula is C14H23N3O4S. The monoisotopic (exact) mass is 329 g/mol. The third kappa shape index (κ3) is 4.88. The van der Waals surface area contributed by atoms with Crippen LogP contribution >= 0.6 is 11.8 Å². The molecule has 0 bridgehead atoms. The van der Waals surface area contributed by atoms with Crippen molar-refractivity contribution in [1.29, 1.82) is 0 Å². The Bertz CT molecular complexity index is 432. The molecule has 0 aromatic heterocycles. The number of Topliss-reactive ketones (excluding diaryl/α,β-unsaturated/α-hetero) is 1. The van der Waals surface area contributed by atoms with Crippen molar-refractivity contribution in [1.82, 2.24) is 16.0 Å². The number of hydrogen-bond acceptors (Lipinski definition) is 5. The Morgan fingerprint density at radius 1 is 1.36 bits per heavy atom. The van der Waals surface area contributed by atoms with Gasteiger partial charge < -0.3 is 20.7 Å². The second-order valence-corrected chi connectivity index (χ2v) is 6.70. The minimum absolute atomic E-state index is 0.0347. The summed E-state index contributed by atoms with van der Waals surface area (Å²) in [5.41, 5.74) is 0. The second kappa shape index (κ2) is 8.38. The van der Waals surface area contributed by atoms with Gasteiger partial charge in [0.2, 0.25) is 5.91 Å². The summed E-state index contributed by atoms with van der Waals surface area (Å²) in [5.74, 6) is 0.993. The number of fused-ring (bicyclic) bond motifs is 1. The summed E-state index contributed by atoms with van der Waals surface area (Å²) in [6.45, 7) is 3.08. The van der Waals surface area contributed by atoms with E-state index < -0.39 is 0 Å². The van der Waals surface area contributed by atoms with Crippen molar-refractivity contribution in [2.24, 2.45) is 0 Å². The fraction of sp³-hybridized carbons (Fsp3) is 0.786. The lowest BCUT2D eigenvalue weighted by Gasteiger charge is -2.16. The molecule has 2 heterocycles. The molecule has 2 saturated heterocycles. The first-order chi connectivity index (χ1) is 10.6. The van der Waals surface area contributed by atoms with Gasteiger partial charge in [0.15, 0.2) is 0 Å². The lowest BCUT2D eigenvalue weighted by molar-refractivity contribution is -0.122. The van der Waals surface area contributed by atoms with Crippen LogP contribution in [-0.4, -0.2) is 60.6 Å². The van der Waals surface area contributed by atoms with Crippen LogP contribution in [-0.2, 0) is 14.3 Å². The molecule has 2 fully saturated rings. The number of carbonyl (C=O) groups is 3. The lowest BCUT2D eigenvalue weighted by atomic mass is 10.1. The van der Waals surface area contributed by atoms with Crippen molar-refractivity contribution in [2.45, 2.75) is 43.5 Å². The average molecular weight is 329 g/mol. The van der Waals surface area contributed by atoms with Crippen molar-refractivity contribution in [3.05, 3.63) is 0 Å². The molecule has 0 radical (unpaired) electrons. The van der Waals surface area contributed by atoms with Crippen LogP contribution in [0.5, 0.6) is 0 Å². The fourth-order valence-electron chi connectivity index (χ4n) is 2.55. The SMILES string of the molecule is CCC(=O)CCOCCNC(=O)CC1SC[C@@H]2NC(=O)N[C@H]12. The smallest absolute Gasteiger partial charge is 0.315 e. The molecule has 3 N–H and O–H groups in total. The Morgan fingerprint density at radius 3 is 2.95 bits per heavy atom. The number of ether oxygens (including phenoxy) is 1. The minimum Gasteiger partial charge on any atom is -0.379 e. The van der Waals surface area contributed by atoms with Crippen LogP contribution in [0.2, 0.25) is 0 Å². The van der Waals surface area contributed by atoms with Gasteiger partial charge in [0.1, 0.15) is 5.78 Å². The maximum Gasteiger partial charge on any atom is 0.315 e. The molecule has 3 atom stereocenters. The van der Waals surface area contributed by atoms with Gasteiger partial charge in [-0.1, -0.05) is 6.92 Å². The number of rotatable bonds is 9. The van der Waals surface area contributed by atoms with Crippen LogP contribution in [0, 0.1) is 0 Å². The molecule has 1 unspecified atom stereocenters. The van der Waals surface area contributed by atoms with Gasteiger partial charge >= 0.3 is 6.03 Å². The number of hydrogen-bond donors (Lipinski definition) is 3. The summed E-state index contributed by atoms with van der Waals surface area (Å²) >= 11 is 1.71. The number of amides is 3. The van der Waals surface area contributed by atoms with Gasteiger partial charge in [0, 0.05) is 36.8 Å². The molecule has 8 heteroatoms. The Kier molecular flexibility index (Phi) is 6.50. The largest absolute Gasteiger partial charge is 0.379 e. The van der Waals surface area contributed by atoms with E-state index in [1.807, 2.05) is 6.92 Å². The van der Waals surface area contributed by atoms with E-state index in [1.54, 1.807) is 11.8 Å². The number of carbonyl (C=O) groups excluding carboxylic acids is 3. The number of urea groups is 1. The average Bonchev–Trinajstić information content (AvgIpc) is 3.02. The van der Waals surface area contributed by atoms with Crippen LogP contribution < -0.4 is 16.0 Å². The highest BCUT2D eigenvalue weighted by Gasteiger charge is 2.43. The Morgan fingerprint density at radius 2 is 2.18 bits per heavy atom. The predicted octanol–water partition coefficient (Wildman–Crippen LogP) is 0.0439. The summed E-state index contributed by atoms with van der Waals surface area (Å²) in [5, 5.41) is 8.64. The van der Waals surface area contributed by atoms with E-state index in [1.165, 1.54) is 0 Å². The molecule has 2 aliphatic rings. The van der Waals surface area contributed by atoms with Gasteiger partial charge in [0.05, 0.1) is 25.3 Å². The Balaban J connectivity index is 1.55. The van der Waals surface area contributed by atoms with Gasteiger partial charge in [-0.05, 0) is 0 Å². The van der Waals surface area contributed by atoms with Crippen LogP contribution in [0.25, 0.3) is 0 Å². The van der Waals surface area contributed by atoms with Gasteiger partial charge in [-0.15, -0.1) is 0 Å². The molecule has 3 amide bonds. The van der Waals surface area contributed by atoms with Crippen LogP contribution in [0.15, 0.2) is 0 Å². The van der Waals surface area contributed by atoms with E-state index in [0.717, 1.165) is 5.75 Å². The van der Waals surface area contributed by atoms with E-state index in [-0.39, 0.29) is 35.1 Å². The fourth-order valence-corrected chi connectivity index (χ4v) is 4.03. The molecular weight excluding hydrogens is 306 g/mol. The molecule has 0 aromatic rings.